The first-order chi connectivity index (χ1) is 14.6. The molecule has 7 nitrogen and oxygen atoms in total. The number of halogens is 2. The van der Waals surface area contributed by atoms with Gasteiger partial charge in [0.25, 0.3) is 0 Å². The largest absolute Gasteiger partial charge is 0.493 e. The summed E-state index contributed by atoms with van der Waals surface area (Å²) in [5.41, 5.74) is 0.678. The normalized spacial score (nSPS) is 22.8. The quantitative estimate of drug-likeness (QED) is 0.683. The Balaban J connectivity index is 1.48. The van der Waals surface area contributed by atoms with E-state index in [9.17, 15) is 8.78 Å². The molecule has 30 heavy (non-hydrogen) atoms. The van der Waals surface area contributed by atoms with Crippen LogP contribution in [0, 0.1) is 11.6 Å². The van der Waals surface area contributed by atoms with Gasteiger partial charge in [-0.05, 0) is 24.6 Å². The van der Waals surface area contributed by atoms with Gasteiger partial charge < -0.3 is 24.3 Å². The third-order valence-electron chi connectivity index (χ3n) is 5.30. The van der Waals surface area contributed by atoms with Gasteiger partial charge in [-0.25, -0.2) is 18.7 Å². The van der Waals surface area contributed by atoms with E-state index in [1.807, 2.05) is 0 Å². The standard InChI is InChI=1S/C21H19F2N3O4/c1-27-17-7-12-15(8-18(17)30-19-9-29-16-4-5-28-20(16)19)24-10-25-21(12)26-14-3-2-11(22)6-13(14)23/h2-3,6-8,10,16,19-20H,4-5,9H2,1H3,(H,24,25,26)/t16-,19+,20?/m0/s1. The minimum absolute atomic E-state index is 0.0604. The Morgan fingerprint density at radius 3 is 2.83 bits per heavy atom. The third kappa shape index (κ3) is 3.40. The summed E-state index contributed by atoms with van der Waals surface area (Å²) < 4.78 is 50.4. The molecule has 1 unspecified atom stereocenters. The highest BCUT2D eigenvalue weighted by Crippen LogP contribution is 2.37. The van der Waals surface area contributed by atoms with Gasteiger partial charge in [0.1, 0.15) is 29.9 Å². The highest BCUT2D eigenvalue weighted by molar-refractivity contribution is 5.93. The van der Waals surface area contributed by atoms with Crippen molar-refractivity contribution in [3.63, 3.8) is 0 Å². The fourth-order valence-electron chi connectivity index (χ4n) is 3.83. The first-order valence-electron chi connectivity index (χ1n) is 9.57. The maximum Gasteiger partial charge on any atom is 0.164 e. The Morgan fingerprint density at radius 2 is 2.00 bits per heavy atom. The van der Waals surface area contributed by atoms with Crippen molar-refractivity contribution in [3.05, 3.63) is 48.3 Å². The molecule has 2 saturated heterocycles. The van der Waals surface area contributed by atoms with Gasteiger partial charge in [0.2, 0.25) is 0 Å². The fraction of sp³-hybridized carbons (Fsp3) is 0.333. The fourth-order valence-corrected chi connectivity index (χ4v) is 3.83. The Hall–Kier alpha value is -3.04. The lowest BCUT2D eigenvalue weighted by atomic mass is 10.1. The zero-order valence-electron chi connectivity index (χ0n) is 16.1. The van der Waals surface area contributed by atoms with Crippen LogP contribution < -0.4 is 14.8 Å². The van der Waals surface area contributed by atoms with Crippen molar-refractivity contribution >= 4 is 22.4 Å². The van der Waals surface area contributed by atoms with E-state index in [-0.39, 0.29) is 24.0 Å². The number of aromatic nitrogens is 2. The molecule has 0 aliphatic carbocycles. The summed E-state index contributed by atoms with van der Waals surface area (Å²) in [5, 5.41) is 3.49. The summed E-state index contributed by atoms with van der Waals surface area (Å²) in [6, 6.07) is 6.75. The molecular weight excluding hydrogens is 396 g/mol. The highest BCUT2D eigenvalue weighted by Gasteiger charge is 2.43. The van der Waals surface area contributed by atoms with Gasteiger partial charge in [0.15, 0.2) is 17.6 Å². The lowest BCUT2D eigenvalue weighted by Gasteiger charge is -2.20. The second kappa shape index (κ2) is 7.66. The van der Waals surface area contributed by atoms with Crippen molar-refractivity contribution in [1.82, 2.24) is 9.97 Å². The van der Waals surface area contributed by atoms with Crippen LogP contribution in [0.25, 0.3) is 10.9 Å². The lowest BCUT2D eigenvalue weighted by molar-refractivity contribution is 0.0298. The van der Waals surface area contributed by atoms with Crippen molar-refractivity contribution in [2.24, 2.45) is 0 Å². The summed E-state index contributed by atoms with van der Waals surface area (Å²) in [6.45, 7) is 1.10. The minimum Gasteiger partial charge on any atom is -0.493 e. The topological polar surface area (TPSA) is 74.7 Å². The number of hydrogen-bond acceptors (Lipinski definition) is 7. The predicted molar refractivity (Wildman–Crippen MR) is 104 cm³/mol. The van der Waals surface area contributed by atoms with Crippen LogP contribution in [0.1, 0.15) is 6.42 Å². The average molecular weight is 415 g/mol. The molecule has 0 amide bonds. The van der Waals surface area contributed by atoms with Gasteiger partial charge in [-0.15, -0.1) is 0 Å². The molecule has 0 saturated carbocycles. The van der Waals surface area contributed by atoms with Crippen molar-refractivity contribution in [1.29, 1.82) is 0 Å². The van der Waals surface area contributed by atoms with Gasteiger partial charge in [-0.1, -0.05) is 0 Å². The van der Waals surface area contributed by atoms with E-state index in [0.29, 0.717) is 41.4 Å². The van der Waals surface area contributed by atoms with E-state index in [4.69, 9.17) is 18.9 Å². The van der Waals surface area contributed by atoms with Gasteiger partial charge in [0, 0.05) is 24.1 Å². The molecule has 1 aromatic heterocycles. The molecule has 156 valence electrons. The molecule has 2 aromatic carbocycles. The number of benzene rings is 2. The summed E-state index contributed by atoms with van der Waals surface area (Å²) in [7, 11) is 1.53. The van der Waals surface area contributed by atoms with E-state index in [1.54, 1.807) is 12.1 Å². The first kappa shape index (κ1) is 19.0. The number of rotatable bonds is 5. The molecule has 5 rings (SSSR count). The zero-order valence-corrected chi connectivity index (χ0v) is 16.1. The van der Waals surface area contributed by atoms with Crippen LogP contribution in [-0.4, -0.2) is 48.6 Å². The smallest absolute Gasteiger partial charge is 0.164 e. The van der Waals surface area contributed by atoms with Crippen molar-refractivity contribution in [3.8, 4) is 11.5 Å². The van der Waals surface area contributed by atoms with E-state index in [0.717, 1.165) is 12.5 Å². The van der Waals surface area contributed by atoms with Gasteiger partial charge in [-0.3, -0.25) is 0 Å². The Labute approximate surface area is 170 Å². The van der Waals surface area contributed by atoms with E-state index in [1.165, 1.54) is 25.6 Å². The monoisotopic (exact) mass is 415 g/mol. The molecule has 0 bridgehead atoms. The summed E-state index contributed by atoms with van der Waals surface area (Å²) in [6.07, 6.45) is 1.94. The molecule has 1 N–H and O–H groups in total. The Kier molecular flexibility index (Phi) is 4.84. The van der Waals surface area contributed by atoms with E-state index in [2.05, 4.69) is 15.3 Å². The number of ether oxygens (including phenoxy) is 4. The van der Waals surface area contributed by atoms with Crippen LogP contribution >= 0.6 is 0 Å². The second-order valence-electron chi connectivity index (χ2n) is 7.14. The number of fused-ring (bicyclic) bond motifs is 2. The van der Waals surface area contributed by atoms with Gasteiger partial charge in [0.05, 0.1) is 31.0 Å². The molecule has 2 fully saturated rings. The number of nitrogens with one attached hydrogen (secondary N) is 1. The molecule has 2 aliphatic heterocycles. The highest BCUT2D eigenvalue weighted by atomic mass is 19.1. The first-order valence-corrected chi connectivity index (χ1v) is 9.57. The zero-order chi connectivity index (χ0) is 20.7. The van der Waals surface area contributed by atoms with Crippen LogP contribution in [0.3, 0.4) is 0 Å². The van der Waals surface area contributed by atoms with Crippen LogP contribution in [0.2, 0.25) is 0 Å². The summed E-state index contributed by atoms with van der Waals surface area (Å²) >= 11 is 0. The molecule has 3 heterocycles. The van der Waals surface area contributed by atoms with Crippen LogP contribution in [0.5, 0.6) is 11.5 Å². The number of methoxy groups -OCH3 is 1. The van der Waals surface area contributed by atoms with Crippen molar-refractivity contribution < 1.29 is 27.7 Å². The Morgan fingerprint density at radius 1 is 1.10 bits per heavy atom. The lowest BCUT2D eigenvalue weighted by Crippen LogP contribution is -2.32. The molecular formula is C21H19F2N3O4. The summed E-state index contributed by atoms with van der Waals surface area (Å²) in [5.74, 6) is -0.0352. The number of hydrogen-bond donors (Lipinski definition) is 1. The van der Waals surface area contributed by atoms with Gasteiger partial charge in [-0.2, -0.15) is 0 Å². The predicted octanol–water partition coefficient (Wildman–Crippen LogP) is 3.60. The molecule has 2 aliphatic rings. The molecule has 0 spiro atoms. The average Bonchev–Trinajstić information content (AvgIpc) is 3.35. The van der Waals surface area contributed by atoms with Crippen molar-refractivity contribution in [2.75, 3.05) is 25.6 Å². The molecule has 0 radical (unpaired) electrons. The summed E-state index contributed by atoms with van der Waals surface area (Å²) in [4.78, 5) is 8.49. The van der Waals surface area contributed by atoms with Crippen LogP contribution in [-0.2, 0) is 9.47 Å². The second-order valence-corrected chi connectivity index (χ2v) is 7.14. The number of nitrogens with zero attached hydrogens (tertiary/aromatic N) is 2. The van der Waals surface area contributed by atoms with Gasteiger partial charge >= 0.3 is 0 Å². The van der Waals surface area contributed by atoms with Crippen molar-refractivity contribution in [2.45, 2.75) is 24.7 Å². The molecule has 3 atom stereocenters. The van der Waals surface area contributed by atoms with E-state index >= 15 is 0 Å². The van der Waals surface area contributed by atoms with Crippen LogP contribution in [0.4, 0.5) is 20.3 Å². The molecule has 3 aromatic rings. The Bertz CT molecular complexity index is 1100. The number of anilines is 2. The SMILES string of the molecule is COc1cc2c(Nc3ccc(F)cc3F)ncnc2cc1O[C@@H]1CO[C@H]2CCOC21. The van der Waals surface area contributed by atoms with E-state index < -0.39 is 11.6 Å². The maximum atomic E-state index is 14.1. The maximum absolute atomic E-state index is 14.1. The minimum atomic E-state index is -0.721. The molecule has 9 heteroatoms. The van der Waals surface area contributed by atoms with Crippen LogP contribution in [0.15, 0.2) is 36.7 Å². The third-order valence-corrected chi connectivity index (χ3v) is 5.30.